The topological polar surface area (TPSA) is 52.8 Å². The van der Waals surface area contributed by atoms with E-state index in [1.807, 2.05) is 6.92 Å². The van der Waals surface area contributed by atoms with E-state index in [4.69, 9.17) is 0 Å². The Hall–Kier alpha value is -0.670. The number of aliphatic imine (C=N–C) groups is 1. The van der Waals surface area contributed by atoms with E-state index >= 15 is 0 Å². The molecule has 3 nitrogen and oxygen atoms in total. The van der Waals surface area contributed by atoms with Crippen molar-refractivity contribution in [1.29, 1.82) is 0 Å². The van der Waals surface area contributed by atoms with Gasteiger partial charge in [-0.25, -0.2) is 0 Å². The van der Waals surface area contributed by atoms with Crippen molar-refractivity contribution in [3.8, 4) is 0 Å². The molecule has 0 radical (unpaired) electrons. The second-order valence-electron chi connectivity index (χ2n) is 11.5. The predicted octanol–water partition coefficient (Wildman–Crippen LogP) is 7.07. The molecule has 5 unspecified atom stereocenters. The summed E-state index contributed by atoms with van der Waals surface area (Å²) in [6.45, 7) is 13.5. The Labute approximate surface area is 186 Å². The van der Waals surface area contributed by atoms with Crippen molar-refractivity contribution in [2.45, 2.75) is 130 Å². The van der Waals surface area contributed by atoms with Crippen LogP contribution < -0.4 is 0 Å². The zero-order chi connectivity index (χ0) is 22.4. The van der Waals surface area contributed by atoms with Crippen molar-refractivity contribution in [3.05, 3.63) is 11.8 Å². The number of hydrogen-bond donors (Lipinski definition) is 2. The van der Waals surface area contributed by atoms with E-state index < -0.39 is 5.60 Å². The van der Waals surface area contributed by atoms with E-state index in [1.54, 1.807) is 0 Å². The first-order valence-electron chi connectivity index (χ1n) is 12.7. The summed E-state index contributed by atoms with van der Waals surface area (Å²) in [5.74, 6) is 0.888. The van der Waals surface area contributed by atoms with Crippen LogP contribution >= 0.6 is 0 Å². The molecule has 0 aromatic rings. The van der Waals surface area contributed by atoms with Gasteiger partial charge in [0.05, 0.1) is 11.7 Å². The third-order valence-electron chi connectivity index (χ3n) is 8.52. The van der Waals surface area contributed by atoms with Gasteiger partial charge in [-0.2, -0.15) is 0 Å². The average molecular weight is 420 g/mol. The highest BCUT2D eigenvalue weighted by molar-refractivity contribution is 5.60. The number of aliphatic hydroxyl groups excluding tert-OH is 1. The van der Waals surface area contributed by atoms with Crippen molar-refractivity contribution in [3.63, 3.8) is 0 Å². The summed E-state index contributed by atoms with van der Waals surface area (Å²) in [7, 11) is 0. The quantitative estimate of drug-likeness (QED) is 0.398. The largest absolute Gasteiger partial charge is 0.393 e. The number of allylic oxidation sites excluding steroid dienone is 2. The van der Waals surface area contributed by atoms with E-state index in [9.17, 15) is 10.2 Å². The van der Waals surface area contributed by atoms with Crippen molar-refractivity contribution < 1.29 is 10.2 Å². The van der Waals surface area contributed by atoms with E-state index in [1.165, 1.54) is 25.0 Å². The van der Waals surface area contributed by atoms with Crippen molar-refractivity contribution >= 4 is 6.21 Å². The number of hydrogen-bond acceptors (Lipinski definition) is 3. The number of aliphatic hydroxyl groups is 2. The lowest BCUT2D eigenvalue weighted by molar-refractivity contribution is -0.0958. The molecule has 5 atom stereocenters. The molecule has 0 amide bonds. The lowest BCUT2D eigenvalue weighted by Gasteiger charge is -2.48. The standard InChI is InChI=1S/C27H49NO2/c1-7-21-11-9-20-28-23(21)15-19-26(5,8-2)18-14-22(29)12-13-24-25(3,4)16-10-17-27(24,6)30/h15,20-22,24,29-30H,7-14,16-19H2,1-6H3/b23-15+. The Morgan fingerprint density at radius 1 is 1.23 bits per heavy atom. The Kier molecular flexibility index (Phi) is 9.18. The first-order chi connectivity index (χ1) is 14.0. The van der Waals surface area contributed by atoms with Crippen LogP contribution in [-0.4, -0.2) is 28.1 Å². The van der Waals surface area contributed by atoms with Crippen molar-refractivity contribution in [1.82, 2.24) is 0 Å². The van der Waals surface area contributed by atoms with Gasteiger partial charge in [-0.1, -0.05) is 53.5 Å². The Balaban J connectivity index is 1.87. The van der Waals surface area contributed by atoms with Crippen LogP contribution in [0.4, 0.5) is 0 Å². The molecule has 174 valence electrons. The highest BCUT2D eigenvalue weighted by Gasteiger charge is 2.45. The van der Waals surface area contributed by atoms with Gasteiger partial charge >= 0.3 is 0 Å². The minimum atomic E-state index is -0.595. The smallest absolute Gasteiger partial charge is 0.0652 e. The van der Waals surface area contributed by atoms with Crippen LogP contribution in [0, 0.1) is 22.7 Å². The summed E-state index contributed by atoms with van der Waals surface area (Å²) in [4.78, 5) is 4.69. The SMILES string of the molecule is CCC1CCC=N/C1=C/CC(C)(CC)CCC(O)CCC1C(C)(C)CCCC1(C)O. The lowest BCUT2D eigenvalue weighted by Crippen LogP contribution is -2.47. The third kappa shape index (κ3) is 6.92. The highest BCUT2D eigenvalue weighted by Crippen LogP contribution is 2.48. The maximum Gasteiger partial charge on any atom is 0.0652 e. The van der Waals surface area contributed by atoms with E-state index in [0.717, 1.165) is 57.8 Å². The van der Waals surface area contributed by atoms with Gasteiger partial charge < -0.3 is 10.2 Å². The van der Waals surface area contributed by atoms with Gasteiger partial charge in [0.25, 0.3) is 0 Å². The van der Waals surface area contributed by atoms with Crippen LogP contribution in [0.15, 0.2) is 16.8 Å². The van der Waals surface area contributed by atoms with Crippen LogP contribution in [0.3, 0.4) is 0 Å². The molecule has 0 bridgehead atoms. The van der Waals surface area contributed by atoms with Gasteiger partial charge in [0.2, 0.25) is 0 Å². The average Bonchev–Trinajstić information content (AvgIpc) is 2.69. The van der Waals surface area contributed by atoms with Crippen LogP contribution in [0.25, 0.3) is 0 Å². The zero-order valence-electron chi connectivity index (χ0n) is 20.7. The second-order valence-corrected chi connectivity index (χ2v) is 11.5. The maximum atomic E-state index is 10.9. The van der Waals surface area contributed by atoms with E-state index in [-0.39, 0.29) is 22.9 Å². The van der Waals surface area contributed by atoms with E-state index in [2.05, 4.69) is 51.9 Å². The van der Waals surface area contributed by atoms with Gasteiger partial charge in [0, 0.05) is 17.8 Å². The summed E-state index contributed by atoms with van der Waals surface area (Å²) in [6.07, 6.45) is 16.6. The minimum absolute atomic E-state index is 0.155. The van der Waals surface area contributed by atoms with Crippen LogP contribution in [-0.2, 0) is 0 Å². The normalized spacial score (nSPS) is 33.4. The van der Waals surface area contributed by atoms with E-state index in [0.29, 0.717) is 5.92 Å². The van der Waals surface area contributed by atoms with Gasteiger partial charge in [-0.15, -0.1) is 0 Å². The summed E-state index contributed by atoms with van der Waals surface area (Å²) in [5.41, 5.74) is 1.06. The molecule has 1 aliphatic carbocycles. The Morgan fingerprint density at radius 2 is 1.97 bits per heavy atom. The van der Waals surface area contributed by atoms with Gasteiger partial charge in [0.1, 0.15) is 0 Å². The molecular weight excluding hydrogens is 370 g/mol. The molecule has 2 rings (SSSR count). The molecule has 1 aliphatic heterocycles. The molecular formula is C27H49NO2. The lowest BCUT2D eigenvalue weighted by atomic mass is 9.60. The maximum absolute atomic E-state index is 10.9. The van der Waals surface area contributed by atoms with Gasteiger partial charge in [-0.05, 0) is 87.9 Å². The Bertz CT molecular complexity index is 576. The molecule has 2 N–H and O–H groups in total. The molecule has 0 spiro atoms. The molecule has 30 heavy (non-hydrogen) atoms. The fourth-order valence-electron chi connectivity index (χ4n) is 5.92. The molecule has 1 saturated carbocycles. The molecule has 1 fully saturated rings. The second kappa shape index (κ2) is 10.8. The summed E-state index contributed by atoms with van der Waals surface area (Å²) in [5, 5.41) is 21.7. The fraction of sp³-hybridized carbons (Fsp3) is 0.889. The van der Waals surface area contributed by atoms with Crippen molar-refractivity contribution in [2.24, 2.45) is 27.7 Å². The van der Waals surface area contributed by atoms with Gasteiger partial charge in [-0.3, -0.25) is 4.99 Å². The first-order valence-corrected chi connectivity index (χ1v) is 12.7. The molecule has 0 aromatic heterocycles. The Morgan fingerprint density at radius 3 is 2.60 bits per heavy atom. The first kappa shape index (κ1) is 25.6. The van der Waals surface area contributed by atoms with Gasteiger partial charge in [0.15, 0.2) is 0 Å². The minimum Gasteiger partial charge on any atom is -0.393 e. The molecule has 0 saturated heterocycles. The van der Waals surface area contributed by atoms with Crippen molar-refractivity contribution in [2.75, 3.05) is 0 Å². The van der Waals surface area contributed by atoms with Crippen LogP contribution in [0.2, 0.25) is 0 Å². The molecule has 0 aromatic carbocycles. The molecule has 1 heterocycles. The summed E-state index contributed by atoms with van der Waals surface area (Å²) >= 11 is 0. The highest BCUT2D eigenvalue weighted by atomic mass is 16.3. The van der Waals surface area contributed by atoms with Crippen LogP contribution in [0.1, 0.15) is 119 Å². The third-order valence-corrected chi connectivity index (χ3v) is 8.52. The summed E-state index contributed by atoms with van der Waals surface area (Å²) < 4.78 is 0. The fourth-order valence-corrected chi connectivity index (χ4v) is 5.92. The number of rotatable bonds is 10. The molecule has 3 heteroatoms. The zero-order valence-corrected chi connectivity index (χ0v) is 20.7. The number of nitrogens with zero attached hydrogens (tertiary/aromatic N) is 1. The van der Waals surface area contributed by atoms with Crippen LogP contribution in [0.5, 0.6) is 0 Å². The summed E-state index contributed by atoms with van der Waals surface area (Å²) in [6, 6.07) is 0. The molecule has 2 aliphatic rings. The predicted molar refractivity (Wildman–Crippen MR) is 129 cm³/mol. The monoisotopic (exact) mass is 419 g/mol.